The maximum absolute atomic E-state index is 12.1. The van der Waals surface area contributed by atoms with Crippen LogP contribution in [0, 0.1) is 0 Å². The molecule has 0 aliphatic carbocycles. The van der Waals surface area contributed by atoms with Crippen molar-refractivity contribution in [1.29, 1.82) is 0 Å². The van der Waals surface area contributed by atoms with Gasteiger partial charge in [-0.25, -0.2) is 0 Å². The Kier molecular flexibility index (Phi) is 6.18. The zero-order chi connectivity index (χ0) is 16.8. The summed E-state index contributed by atoms with van der Waals surface area (Å²) in [4.78, 5) is 36.5. The Hall–Kier alpha value is -1.86. The van der Waals surface area contributed by atoms with Gasteiger partial charge < -0.3 is 4.74 Å². The fourth-order valence-corrected chi connectivity index (χ4v) is 2.86. The zero-order valence-electron chi connectivity index (χ0n) is 12.3. The highest BCUT2D eigenvalue weighted by atomic mass is 79.9. The normalized spacial score (nSPS) is 16.6. The second-order valence-corrected chi connectivity index (χ2v) is 6.41. The number of hydrogen-bond donors (Lipinski definition) is 0. The number of carbonyl (C=O) groups is 3. The van der Waals surface area contributed by atoms with E-state index in [0.717, 1.165) is 26.7 Å². The Labute approximate surface area is 146 Å². The number of rotatable bonds is 5. The van der Waals surface area contributed by atoms with Crippen LogP contribution in [0.1, 0.15) is 12.5 Å². The van der Waals surface area contributed by atoms with Crippen LogP contribution in [0.15, 0.2) is 45.8 Å². The van der Waals surface area contributed by atoms with Gasteiger partial charge in [-0.15, -0.1) is 0 Å². The standard InChI is InChI=1S/C16H14BrNO4S/c1-2-22-14(19)10-18-15(20)13(23-16(18)21)5-3-4-11-6-8-12(17)9-7-11/h3-9H,2,10H2,1H3/b4-3+,13-5-. The molecule has 120 valence electrons. The van der Waals surface area contributed by atoms with Crippen LogP contribution < -0.4 is 0 Å². The first-order valence-electron chi connectivity index (χ1n) is 6.84. The fourth-order valence-electron chi connectivity index (χ4n) is 1.81. The van der Waals surface area contributed by atoms with Gasteiger partial charge in [-0.05, 0) is 42.5 Å². The first-order chi connectivity index (χ1) is 11.0. The van der Waals surface area contributed by atoms with Crippen molar-refractivity contribution in [1.82, 2.24) is 4.90 Å². The largest absolute Gasteiger partial charge is 0.465 e. The lowest BCUT2D eigenvalue weighted by Gasteiger charge is -2.10. The van der Waals surface area contributed by atoms with E-state index in [2.05, 4.69) is 15.9 Å². The molecule has 0 aromatic heterocycles. The van der Waals surface area contributed by atoms with E-state index in [1.54, 1.807) is 19.1 Å². The van der Waals surface area contributed by atoms with Gasteiger partial charge in [-0.3, -0.25) is 19.3 Å². The van der Waals surface area contributed by atoms with E-state index >= 15 is 0 Å². The van der Waals surface area contributed by atoms with Crippen LogP contribution >= 0.6 is 27.7 Å². The molecule has 1 aliphatic heterocycles. The lowest BCUT2D eigenvalue weighted by Crippen LogP contribution is -2.34. The van der Waals surface area contributed by atoms with Crippen molar-refractivity contribution in [3.63, 3.8) is 0 Å². The molecular formula is C16H14BrNO4S. The minimum atomic E-state index is -0.596. The minimum Gasteiger partial charge on any atom is -0.465 e. The number of allylic oxidation sites excluding steroid dienone is 2. The SMILES string of the molecule is CCOC(=O)CN1C(=O)S/C(=C\C=C\c2ccc(Br)cc2)C1=O. The van der Waals surface area contributed by atoms with Gasteiger partial charge in [-0.2, -0.15) is 0 Å². The third-order valence-electron chi connectivity index (χ3n) is 2.87. The fraction of sp³-hybridized carbons (Fsp3) is 0.188. The second-order valence-electron chi connectivity index (χ2n) is 4.51. The molecule has 1 heterocycles. The lowest BCUT2D eigenvalue weighted by atomic mass is 10.2. The van der Waals surface area contributed by atoms with E-state index in [1.807, 2.05) is 30.3 Å². The van der Waals surface area contributed by atoms with E-state index in [4.69, 9.17) is 4.74 Å². The quantitative estimate of drug-likeness (QED) is 0.562. The van der Waals surface area contributed by atoms with E-state index in [0.29, 0.717) is 0 Å². The van der Waals surface area contributed by atoms with E-state index in [-0.39, 0.29) is 18.1 Å². The van der Waals surface area contributed by atoms with Crippen molar-refractivity contribution in [2.24, 2.45) is 0 Å². The van der Waals surface area contributed by atoms with Crippen molar-refractivity contribution in [2.75, 3.05) is 13.2 Å². The zero-order valence-corrected chi connectivity index (χ0v) is 14.7. The molecule has 1 aromatic carbocycles. The van der Waals surface area contributed by atoms with E-state index in [1.165, 1.54) is 0 Å². The highest BCUT2D eigenvalue weighted by Crippen LogP contribution is 2.30. The van der Waals surface area contributed by atoms with Gasteiger partial charge in [0.15, 0.2) is 0 Å². The summed E-state index contributed by atoms with van der Waals surface area (Å²) in [6, 6.07) is 7.65. The van der Waals surface area contributed by atoms with Crippen LogP contribution in [0.25, 0.3) is 6.08 Å². The summed E-state index contributed by atoms with van der Waals surface area (Å²) >= 11 is 4.17. The molecular weight excluding hydrogens is 382 g/mol. The van der Waals surface area contributed by atoms with Crippen molar-refractivity contribution in [3.05, 3.63) is 51.4 Å². The van der Waals surface area contributed by atoms with E-state index < -0.39 is 17.1 Å². The Balaban J connectivity index is 2.03. The average molecular weight is 396 g/mol. The molecule has 0 N–H and O–H groups in total. The summed E-state index contributed by atoms with van der Waals surface area (Å²) in [5, 5.41) is -0.466. The topological polar surface area (TPSA) is 63.7 Å². The molecule has 23 heavy (non-hydrogen) atoms. The molecule has 1 aliphatic rings. The molecule has 1 fully saturated rings. The summed E-state index contributed by atoms with van der Waals surface area (Å²) in [5.41, 5.74) is 0.968. The highest BCUT2D eigenvalue weighted by Gasteiger charge is 2.36. The van der Waals surface area contributed by atoms with Gasteiger partial charge in [0, 0.05) is 4.47 Å². The van der Waals surface area contributed by atoms with Crippen LogP contribution in [-0.2, 0) is 14.3 Å². The van der Waals surface area contributed by atoms with Gasteiger partial charge in [0.2, 0.25) is 0 Å². The average Bonchev–Trinajstić information content (AvgIpc) is 2.77. The molecule has 1 saturated heterocycles. The van der Waals surface area contributed by atoms with Gasteiger partial charge in [0.25, 0.3) is 11.1 Å². The Morgan fingerprint density at radius 1 is 1.30 bits per heavy atom. The molecule has 0 spiro atoms. The van der Waals surface area contributed by atoms with Gasteiger partial charge in [0.1, 0.15) is 6.54 Å². The molecule has 0 atom stereocenters. The number of imide groups is 1. The summed E-state index contributed by atoms with van der Waals surface area (Å²) in [6.45, 7) is 1.52. The number of esters is 1. The Morgan fingerprint density at radius 2 is 2.00 bits per heavy atom. The lowest BCUT2D eigenvalue weighted by molar-refractivity contribution is -0.146. The number of ether oxygens (including phenoxy) is 1. The number of carbonyl (C=O) groups excluding carboxylic acids is 3. The molecule has 7 heteroatoms. The maximum atomic E-state index is 12.1. The summed E-state index contributed by atoms with van der Waals surface area (Å²) in [5.74, 6) is -1.07. The number of amides is 2. The van der Waals surface area contributed by atoms with Crippen LogP contribution in [0.2, 0.25) is 0 Å². The third-order valence-corrected chi connectivity index (χ3v) is 4.33. The third kappa shape index (κ3) is 4.80. The predicted octanol–water partition coefficient (Wildman–Crippen LogP) is 3.60. The first kappa shape index (κ1) is 17.5. The molecule has 0 bridgehead atoms. The van der Waals surface area contributed by atoms with Gasteiger partial charge in [0.05, 0.1) is 11.5 Å². The van der Waals surface area contributed by atoms with Crippen molar-refractivity contribution >= 4 is 50.9 Å². The summed E-state index contributed by atoms with van der Waals surface area (Å²) in [7, 11) is 0. The number of halogens is 1. The van der Waals surface area contributed by atoms with E-state index in [9.17, 15) is 14.4 Å². The Morgan fingerprint density at radius 3 is 2.65 bits per heavy atom. The van der Waals surface area contributed by atoms with Crippen molar-refractivity contribution in [2.45, 2.75) is 6.92 Å². The van der Waals surface area contributed by atoms with Crippen molar-refractivity contribution < 1.29 is 19.1 Å². The number of thioether (sulfide) groups is 1. The number of benzene rings is 1. The molecule has 5 nitrogen and oxygen atoms in total. The van der Waals surface area contributed by atoms with Crippen LogP contribution in [0.5, 0.6) is 0 Å². The molecule has 2 amide bonds. The summed E-state index contributed by atoms with van der Waals surface area (Å²) in [6.07, 6.45) is 5.09. The van der Waals surface area contributed by atoms with Gasteiger partial charge in [-0.1, -0.05) is 40.2 Å². The second kappa shape index (κ2) is 8.12. The molecule has 0 unspecified atom stereocenters. The number of nitrogens with zero attached hydrogens (tertiary/aromatic N) is 1. The Bertz CT molecular complexity index is 682. The monoisotopic (exact) mass is 395 g/mol. The minimum absolute atomic E-state index is 0.209. The van der Waals surface area contributed by atoms with Crippen LogP contribution in [0.3, 0.4) is 0 Å². The van der Waals surface area contributed by atoms with Crippen molar-refractivity contribution in [3.8, 4) is 0 Å². The summed E-state index contributed by atoms with van der Waals surface area (Å²) < 4.78 is 5.73. The van der Waals surface area contributed by atoms with Crippen LogP contribution in [-0.4, -0.2) is 35.2 Å². The molecule has 2 rings (SSSR count). The number of hydrogen-bond acceptors (Lipinski definition) is 5. The smallest absolute Gasteiger partial charge is 0.326 e. The van der Waals surface area contributed by atoms with Crippen LogP contribution in [0.4, 0.5) is 4.79 Å². The highest BCUT2D eigenvalue weighted by molar-refractivity contribution is 9.10. The maximum Gasteiger partial charge on any atom is 0.326 e. The molecule has 0 saturated carbocycles. The van der Waals surface area contributed by atoms with Gasteiger partial charge >= 0.3 is 5.97 Å². The molecule has 0 radical (unpaired) electrons. The predicted molar refractivity (Wildman–Crippen MR) is 92.6 cm³/mol. The molecule has 1 aromatic rings. The first-order valence-corrected chi connectivity index (χ1v) is 8.45.